The van der Waals surface area contributed by atoms with Crippen LogP contribution in [0.5, 0.6) is 0 Å². The van der Waals surface area contributed by atoms with Crippen molar-refractivity contribution >= 4 is 29.0 Å². The Balaban J connectivity index is 2.13. The predicted octanol–water partition coefficient (Wildman–Crippen LogP) is 1.78. The van der Waals surface area contributed by atoms with Crippen molar-refractivity contribution in [2.75, 3.05) is 11.8 Å². The van der Waals surface area contributed by atoms with Crippen molar-refractivity contribution in [2.45, 2.75) is 19.8 Å². The van der Waals surface area contributed by atoms with Gasteiger partial charge < -0.3 is 0 Å². The van der Waals surface area contributed by atoms with Gasteiger partial charge in [-0.15, -0.1) is 5.10 Å². The van der Waals surface area contributed by atoms with Gasteiger partial charge in [0.05, 0.1) is 22.4 Å². The third-order valence-electron chi connectivity index (χ3n) is 3.37. The number of hydrogen-bond acceptors (Lipinski definition) is 6. The third kappa shape index (κ3) is 3.34. The van der Waals surface area contributed by atoms with Gasteiger partial charge in [-0.05, 0) is 24.6 Å². The van der Waals surface area contributed by atoms with Gasteiger partial charge in [0.2, 0.25) is 11.2 Å². The molecule has 122 valence electrons. The van der Waals surface area contributed by atoms with E-state index in [1.54, 1.807) is 22.9 Å². The Bertz CT molecular complexity index is 772. The van der Waals surface area contributed by atoms with Crippen LogP contribution >= 0.6 is 23.2 Å². The molecule has 1 fully saturated rings. The van der Waals surface area contributed by atoms with Crippen LogP contribution in [0.15, 0.2) is 29.1 Å². The van der Waals surface area contributed by atoms with Gasteiger partial charge in [-0.3, -0.25) is 4.79 Å². The lowest BCUT2D eigenvalue weighted by Crippen LogP contribution is -2.44. The Kier molecular flexibility index (Phi) is 4.84. The smallest absolute Gasteiger partial charge is 0.228 e. The fraction of sp³-hybridized carbons (Fsp3) is 0.286. The molecule has 1 saturated heterocycles. The van der Waals surface area contributed by atoms with E-state index in [1.807, 2.05) is 13.0 Å². The Morgan fingerprint density at radius 2 is 2.09 bits per heavy atom. The van der Waals surface area contributed by atoms with Crippen molar-refractivity contribution in [1.82, 2.24) is 26.2 Å². The van der Waals surface area contributed by atoms with E-state index in [4.69, 9.17) is 23.2 Å². The normalized spacial score (nSPS) is 14.5. The highest BCUT2D eigenvalue weighted by Gasteiger charge is 2.19. The van der Waals surface area contributed by atoms with Crippen LogP contribution in [-0.2, 0) is 6.42 Å². The van der Waals surface area contributed by atoms with Crippen molar-refractivity contribution in [3.63, 3.8) is 0 Å². The number of benzene rings is 1. The monoisotopic (exact) mass is 354 g/mol. The van der Waals surface area contributed by atoms with E-state index in [2.05, 4.69) is 21.5 Å². The van der Waals surface area contributed by atoms with E-state index in [1.165, 1.54) is 5.12 Å². The number of hydrazine groups is 3. The van der Waals surface area contributed by atoms with Crippen LogP contribution < -0.4 is 26.9 Å². The standard InChI is InChI=1S/C14H16Cl2N6O/c1-2-3-9-7-13(23)14(22-18-8-17-20-22)19-21(9)10-4-5-11(15)12(16)6-10/h4-7,17-18,20H,2-3,8H2,1H3. The lowest BCUT2D eigenvalue weighted by atomic mass is 10.2. The second kappa shape index (κ2) is 6.86. The second-order valence-electron chi connectivity index (χ2n) is 5.04. The van der Waals surface area contributed by atoms with Crippen molar-refractivity contribution in [1.29, 1.82) is 0 Å². The molecule has 0 amide bonds. The SMILES string of the molecule is CCCc1cc(=O)c(N2NCNN2)nn1-c1ccc(Cl)c(Cl)c1. The summed E-state index contributed by atoms with van der Waals surface area (Å²) in [6.07, 6.45) is 1.62. The summed E-state index contributed by atoms with van der Waals surface area (Å²) < 4.78 is 1.71. The zero-order chi connectivity index (χ0) is 16.4. The largest absolute Gasteiger partial charge is 0.286 e. The summed E-state index contributed by atoms with van der Waals surface area (Å²) >= 11 is 12.1. The van der Waals surface area contributed by atoms with Gasteiger partial charge in [0, 0.05) is 11.8 Å². The van der Waals surface area contributed by atoms with Crippen LogP contribution in [0.4, 0.5) is 5.82 Å². The summed E-state index contributed by atoms with van der Waals surface area (Å²) in [7, 11) is 0. The van der Waals surface area contributed by atoms with Gasteiger partial charge in [0.15, 0.2) is 0 Å². The fourth-order valence-electron chi connectivity index (χ4n) is 2.32. The topological polar surface area (TPSA) is 74.2 Å². The number of aromatic nitrogens is 2. The van der Waals surface area contributed by atoms with Gasteiger partial charge >= 0.3 is 0 Å². The van der Waals surface area contributed by atoms with Gasteiger partial charge in [0.1, 0.15) is 0 Å². The summed E-state index contributed by atoms with van der Waals surface area (Å²) in [6, 6.07) is 6.85. The maximum absolute atomic E-state index is 12.3. The van der Waals surface area contributed by atoms with Crippen LogP contribution in [0, 0.1) is 0 Å². The first kappa shape index (κ1) is 16.2. The Morgan fingerprint density at radius 3 is 2.74 bits per heavy atom. The van der Waals surface area contributed by atoms with E-state index in [9.17, 15) is 4.79 Å². The minimum atomic E-state index is -0.173. The molecule has 1 aliphatic rings. The van der Waals surface area contributed by atoms with Gasteiger partial charge in [-0.1, -0.05) is 36.5 Å². The van der Waals surface area contributed by atoms with Crippen molar-refractivity contribution in [3.8, 4) is 5.69 Å². The average Bonchev–Trinajstić information content (AvgIpc) is 3.05. The molecular formula is C14H16Cl2N6O. The first-order valence-electron chi connectivity index (χ1n) is 7.21. The van der Waals surface area contributed by atoms with E-state index in [0.717, 1.165) is 24.2 Å². The zero-order valence-corrected chi connectivity index (χ0v) is 13.9. The number of nitrogens with zero attached hydrogens (tertiary/aromatic N) is 3. The minimum absolute atomic E-state index is 0.173. The van der Waals surface area contributed by atoms with Crippen molar-refractivity contribution in [3.05, 3.63) is 50.2 Å². The second-order valence-corrected chi connectivity index (χ2v) is 5.86. The van der Waals surface area contributed by atoms with E-state index in [-0.39, 0.29) is 11.2 Å². The highest BCUT2D eigenvalue weighted by Crippen LogP contribution is 2.25. The molecule has 3 rings (SSSR count). The first-order valence-corrected chi connectivity index (χ1v) is 7.96. The Labute approximate surface area is 143 Å². The molecule has 7 nitrogen and oxygen atoms in total. The molecule has 1 aromatic heterocycles. The first-order chi connectivity index (χ1) is 11.1. The summed E-state index contributed by atoms with van der Waals surface area (Å²) in [5.74, 6) is 0.237. The van der Waals surface area contributed by atoms with Gasteiger partial charge in [-0.25, -0.2) is 20.7 Å². The molecule has 2 heterocycles. The zero-order valence-electron chi connectivity index (χ0n) is 12.4. The molecule has 3 N–H and O–H groups in total. The van der Waals surface area contributed by atoms with Crippen molar-refractivity contribution < 1.29 is 0 Å². The molecule has 9 heteroatoms. The summed E-state index contributed by atoms with van der Waals surface area (Å²) in [6.45, 7) is 2.54. The molecule has 23 heavy (non-hydrogen) atoms. The van der Waals surface area contributed by atoms with Crippen LogP contribution in [-0.4, -0.2) is 16.4 Å². The van der Waals surface area contributed by atoms with Gasteiger partial charge in [0.25, 0.3) is 0 Å². The Morgan fingerprint density at radius 1 is 1.26 bits per heavy atom. The third-order valence-corrected chi connectivity index (χ3v) is 4.11. The molecule has 0 radical (unpaired) electrons. The molecule has 0 saturated carbocycles. The van der Waals surface area contributed by atoms with Crippen LogP contribution in [0.3, 0.4) is 0 Å². The summed E-state index contributed by atoms with van der Waals surface area (Å²) in [5, 5.41) is 6.84. The maximum atomic E-state index is 12.3. The fourth-order valence-corrected chi connectivity index (χ4v) is 2.61. The van der Waals surface area contributed by atoms with E-state index in [0.29, 0.717) is 16.7 Å². The quantitative estimate of drug-likeness (QED) is 0.777. The maximum Gasteiger partial charge on any atom is 0.228 e. The number of nitrogens with one attached hydrogen (secondary N) is 3. The number of hydrogen-bond donors (Lipinski definition) is 3. The number of aryl methyl sites for hydroxylation is 1. The Hall–Kier alpha value is -1.64. The molecule has 1 aliphatic heterocycles. The number of rotatable bonds is 4. The lowest BCUT2D eigenvalue weighted by molar-refractivity contribution is 0.617. The molecule has 0 atom stereocenters. The van der Waals surface area contributed by atoms with Crippen LogP contribution in [0.2, 0.25) is 10.0 Å². The van der Waals surface area contributed by atoms with E-state index < -0.39 is 0 Å². The molecular weight excluding hydrogens is 339 g/mol. The molecule has 2 aromatic rings. The highest BCUT2D eigenvalue weighted by atomic mass is 35.5. The molecule has 0 spiro atoms. The van der Waals surface area contributed by atoms with Gasteiger partial charge in [-0.2, -0.15) is 5.53 Å². The highest BCUT2D eigenvalue weighted by molar-refractivity contribution is 6.42. The van der Waals surface area contributed by atoms with Crippen molar-refractivity contribution in [2.24, 2.45) is 0 Å². The van der Waals surface area contributed by atoms with Crippen LogP contribution in [0.1, 0.15) is 19.0 Å². The lowest BCUT2D eigenvalue weighted by Gasteiger charge is -2.18. The molecule has 1 aromatic carbocycles. The minimum Gasteiger partial charge on any atom is -0.286 e. The number of halogens is 2. The summed E-state index contributed by atoms with van der Waals surface area (Å²) in [4.78, 5) is 12.3. The molecule has 0 bridgehead atoms. The summed E-state index contributed by atoms with van der Waals surface area (Å²) in [5.41, 5.74) is 10.0. The average molecular weight is 355 g/mol. The number of anilines is 1. The van der Waals surface area contributed by atoms with E-state index >= 15 is 0 Å². The predicted molar refractivity (Wildman–Crippen MR) is 90.6 cm³/mol. The molecule has 0 aliphatic carbocycles. The van der Waals surface area contributed by atoms with Crippen LogP contribution in [0.25, 0.3) is 5.69 Å². The molecule has 0 unspecified atom stereocenters.